The molecule has 1 aliphatic heterocycles. The highest BCUT2D eigenvalue weighted by atomic mass is 16.5. The summed E-state index contributed by atoms with van der Waals surface area (Å²) in [5.41, 5.74) is 2.19. The highest BCUT2D eigenvalue weighted by Crippen LogP contribution is 2.30. The zero-order chi connectivity index (χ0) is 10.8. The van der Waals surface area contributed by atoms with Gasteiger partial charge in [-0.3, -0.25) is 4.79 Å². The molecule has 0 aromatic heterocycles. The molecule has 1 aromatic rings. The third kappa shape index (κ3) is 1.96. The topological polar surface area (TPSA) is 29.5 Å². The number of anilines is 1. The smallest absolute Gasteiger partial charge is 0.153 e. The lowest BCUT2D eigenvalue weighted by Gasteiger charge is -2.19. The molecule has 0 N–H and O–H groups in total. The van der Waals surface area contributed by atoms with E-state index < -0.39 is 0 Å². The van der Waals surface area contributed by atoms with Crippen LogP contribution in [-0.4, -0.2) is 26.0 Å². The van der Waals surface area contributed by atoms with Crippen LogP contribution in [0.2, 0.25) is 0 Å². The van der Waals surface area contributed by atoms with Crippen LogP contribution < -0.4 is 9.64 Å². The molecule has 0 atom stereocenters. The molecule has 15 heavy (non-hydrogen) atoms. The third-order valence-corrected chi connectivity index (χ3v) is 2.70. The van der Waals surface area contributed by atoms with Crippen molar-refractivity contribution in [3.63, 3.8) is 0 Å². The van der Waals surface area contributed by atoms with E-state index in [-0.39, 0.29) is 0 Å². The Bertz CT molecular complexity index is 387. The van der Waals surface area contributed by atoms with Crippen molar-refractivity contribution in [1.82, 2.24) is 0 Å². The van der Waals surface area contributed by atoms with Crippen LogP contribution in [-0.2, 0) is 4.79 Å². The Morgan fingerprint density at radius 1 is 1.40 bits per heavy atom. The summed E-state index contributed by atoms with van der Waals surface area (Å²) < 4.78 is 5.32. The number of ketones is 1. The van der Waals surface area contributed by atoms with Crippen LogP contribution in [0.5, 0.6) is 5.75 Å². The first-order valence-corrected chi connectivity index (χ1v) is 5.12. The summed E-state index contributed by atoms with van der Waals surface area (Å²) in [5, 5.41) is 0. The lowest BCUT2D eigenvalue weighted by Crippen LogP contribution is -2.20. The summed E-state index contributed by atoms with van der Waals surface area (Å²) in [6.07, 6.45) is 0.650. The second-order valence-electron chi connectivity index (χ2n) is 3.89. The minimum atomic E-state index is 0.303. The van der Waals surface area contributed by atoms with Crippen LogP contribution >= 0.6 is 0 Å². The standard InChI is InChI=1S/C12H15NO2/c1-9-3-4-11(12(7-9)15-2)13-6-5-10(14)8-13/h3-4,7H,5-6,8H2,1-2H3. The number of ether oxygens (including phenoxy) is 1. The molecule has 0 aliphatic carbocycles. The Labute approximate surface area is 89.7 Å². The molecular weight excluding hydrogens is 190 g/mol. The molecule has 80 valence electrons. The van der Waals surface area contributed by atoms with Gasteiger partial charge in [0.1, 0.15) is 5.75 Å². The Morgan fingerprint density at radius 2 is 2.20 bits per heavy atom. The van der Waals surface area contributed by atoms with Gasteiger partial charge < -0.3 is 9.64 Å². The molecule has 1 aliphatic rings. The molecular formula is C12H15NO2. The largest absolute Gasteiger partial charge is 0.495 e. The van der Waals surface area contributed by atoms with Gasteiger partial charge in [-0.05, 0) is 24.6 Å². The predicted molar refractivity (Wildman–Crippen MR) is 59.6 cm³/mol. The fraction of sp³-hybridized carbons (Fsp3) is 0.417. The number of carbonyl (C=O) groups is 1. The van der Waals surface area contributed by atoms with Gasteiger partial charge in [0.15, 0.2) is 5.78 Å². The van der Waals surface area contributed by atoms with Gasteiger partial charge in [0.05, 0.1) is 19.3 Å². The lowest BCUT2D eigenvalue weighted by atomic mass is 10.2. The van der Waals surface area contributed by atoms with Gasteiger partial charge in [-0.25, -0.2) is 0 Å². The Kier molecular flexibility index (Phi) is 2.62. The zero-order valence-electron chi connectivity index (χ0n) is 9.12. The van der Waals surface area contributed by atoms with E-state index in [4.69, 9.17) is 4.74 Å². The number of nitrogens with zero attached hydrogens (tertiary/aromatic N) is 1. The molecule has 0 saturated carbocycles. The first-order chi connectivity index (χ1) is 7.20. The van der Waals surface area contributed by atoms with Gasteiger partial charge in [0, 0.05) is 13.0 Å². The molecule has 1 saturated heterocycles. The highest BCUT2D eigenvalue weighted by molar-refractivity contribution is 5.87. The predicted octanol–water partition coefficient (Wildman–Crippen LogP) is 1.78. The van der Waals surface area contributed by atoms with E-state index in [1.54, 1.807) is 7.11 Å². The number of rotatable bonds is 2. The molecule has 1 fully saturated rings. The first kappa shape index (κ1) is 10.0. The van der Waals surface area contributed by atoms with Crippen molar-refractivity contribution in [3.05, 3.63) is 23.8 Å². The van der Waals surface area contributed by atoms with E-state index in [1.165, 1.54) is 5.56 Å². The Hall–Kier alpha value is -1.51. The zero-order valence-corrected chi connectivity index (χ0v) is 9.12. The van der Waals surface area contributed by atoms with E-state index in [1.807, 2.05) is 25.1 Å². The number of carbonyl (C=O) groups excluding carboxylic acids is 1. The quantitative estimate of drug-likeness (QED) is 0.737. The molecule has 0 amide bonds. The molecule has 0 spiro atoms. The van der Waals surface area contributed by atoms with Gasteiger partial charge in [0.25, 0.3) is 0 Å². The van der Waals surface area contributed by atoms with Crippen molar-refractivity contribution in [2.45, 2.75) is 13.3 Å². The molecule has 1 aromatic carbocycles. The fourth-order valence-corrected chi connectivity index (χ4v) is 1.88. The summed E-state index contributed by atoms with van der Waals surface area (Å²) in [5.74, 6) is 1.15. The van der Waals surface area contributed by atoms with Crippen LogP contribution in [0, 0.1) is 6.92 Å². The van der Waals surface area contributed by atoms with Crippen molar-refractivity contribution < 1.29 is 9.53 Å². The van der Waals surface area contributed by atoms with Crippen LogP contribution in [0.3, 0.4) is 0 Å². The maximum absolute atomic E-state index is 11.2. The van der Waals surface area contributed by atoms with Gasteiger partial charge in [-0.1, -0.05) is 6.07 Å². The van der Waals surface area contributed by atoms with E-state index >= 15 is 0 Å². The van der Waals surface area contributed by atoms with Gasteiger partial charge in [0.2, 0.25) is 0 Å². The van der Waals surface area contributed by atoms with Crippen molar-refractivity contribution in [1.29, 1.82) is 0 Å². The minimum absolute atomic E-state index is 0.303. The number of hydrogen-bond acceptors (Lipinski definition) is 3. The number of aryl methyl sites for hydroxylation is 1. The van der Waals surface area contributed by atoms with Crippen molar-refractivity contribution in [2.75, 3.05) is 25.1 Å². The Morgan fingerprint density at radius 3 is 2.80 bits per heavy atom. The van der Waals surface area contributed by atoms with Crippen LogP contribution in [0.1, 0.15) is 12.0 Å². The summed E-state index contributed by atoms with van der Waals surface area (Å²) in [6.45, 7) is 3.35. The lowest BCUT2D eigenvalue weighted by molar-refractivity contribution is -0.116. The molecule has 1 heterocycles. The van der Waals surface area contributed by atoms with E-state index in [2.05, 4.69) is 4.90 Å². The normalized spacial score (nSPS) is 15.9. The van der Waals surface area contributed by atoms with Crippen molar-refractivity contribution >= 4 is 11.5 Å². The average molecular weight is 205 g/mol. The molecule has 0 radical (unpaired) electrons. The minimum Gasteiger partial charge on any atom is -0.495 e. The Balaban J connectivity index is 2.31. The summed E-state index contributed by atoms with van der Waals surface area (Å²) >= 11 is 0. The summed E-state index contributed by atoms with van der Waals surface area (Å²) in [6, 6.07) is 6.06. The van der Waals surface area contributed by atoms with E-state index in [0.717, 1.165) is 18.0 Å². The van der Waals surface area contributed by atoms with Crippen LogP contribution in [0.15, 0.2) is 18.2 Å². The molecule has 0 unspecified atom stereocenters. The van der Waals surface area contributed by atoms with Crippen LogP contribution in [0.25, 0.3) is 0 Å². The van der Waals surface area contributed by atoms with Crippen LogP contribution in [0.4, 0.5) is 5.69 Å². The summed E-state index contributed by atoms with van der Waals surface area (Å²) in [4.78, 5) is 13.3. The van der Waals surface area contributed by atoms with Gasteiger partial charge in [-0.2, -0.15) is 0 Å². The van der Waals surface area contributed by atoms with Crippen molar-refractivity contribution in [2.24, 2.45) is 0 Å². The second-order valence-corrected chi connectivity index (χ2v) is 3.89. The average Bonchev–Trinajstić information content (AvgIpc) is 2.64. The molecule has 2 rings (SSSR count). The second kappa shape index (κ2) is 3.93. The van der Waals surface area contributed by atoms with E-state index in [0.29, 0.717) is 18.7 Å². The third-order valence-electron chi connectivity index (χ3n) is 2.70. The van der Waals surface area contributed by atoms with E-state index in [9.17, 15) is 4.79 Å². The number of methoxy groups -OCH3 is 1. The van der Waals surface area contributed by atoms with Gasteiger partial charge in [-0.15, -0.1) is 0 Å². The number of hydrogen-bond donors (Lipinski definition) is 0. The maximum Gasteiger partial charge on any atom is 0.153 e. The monoisotopic (exact) mass is 205 g/mol. The molecule has 3 heteroatoms. The van der Waals surface area contributed by atoms with Gasteiger partial charge >= 0.3 is 0 Å². The van der Waals surface area contributed by atoms with Crippen molar-refractivity contribution in [3.8, 4) is 5.75 Å². The summed E-state index contributed by atoms with van der Waals surface area (Å²) in [7, 11) is 1.66. The SMILES string of the molecule is COc1cc(C)ccc1N1CCC(=O)C1. The number of benzene rings is 1. The number of Topliss-reactive ketones (excluding diaryl/α,β-unsaturated/α-hetero) is 1. The molecule has 0 bridgehead atoms. The highest BCUT2D eigenvalue weighted by Gasteiger charge is 2.21. The molecule has 3 nitrogen and oxygen atoms in total. The fourth-order valence-electron chi connectivity index (χ4n) is 1.88. The maximum atomic E-state index is 11.2. The first-order valence-electron chi connectivity index (χ1n) is 5.12.